The summed E-state index contributed by atoms with van der Waals surface area (Å²) in [7, 11) is 0. The van der Waals surface area contributed by atoms with Crippen molar-refractivity contribution < 1.29 is 37.4 Å². The molecule has 2 fully saturated rings. The summed E-state index contributed by atoms with van der Waals surface area (Å²) in [6.45, 7) is 2.05. The van der Waals surface area contributed by atoms with Gasteiger partial charge in [-0.25, -0.2) is 19.4 Å². The molecule has 12 heteroatoms. The van der Waals surface area contributed by atoms with E-state index in [1.807, 2.05) is 4.90 Å². The highest BCUT2D eigenvalue weighted by molar-refractivity contribution is 5.90. The van der Waals surface area contributed by atoms with E-state index in [0.29, 0.717) is 24.6 Å². The number of carbonyl (C=O) groups excluding carboxylic acids is 2. The first kappa shape index (κ1) is 23.5. The highest BCUT2D eigenvalue weighted by atomic mass is 19.4. The molecule has 2 aliphatic heterocycles. The van der Waals surface area contributed by atoms with Gasteiger partial charge in [0.15, 0.2) is 0 Å². The minimum atomic E-state index is -5.08. The second kappa shape index (κ2) is 10.3. The summed E-state index contributed by atoms with van der Waals surface area (Å²) in [6, 6.07) is 0.540. The highest BCUT2D eigenvalue weighted by Crippen LogP contribution is 2.33. The van der Waals surface area contributed by atoms with Crippen LogP contribution < -0.4 is 5.32 Å². The van der Waals surface area contributed by atoms with E-state index < -0.39 is 18.1 Å². The summed E-state index contributed by atoms with van der Waals surface area (Å²) >= 11 is 0. The van der Waals surface area contributed by atoms with Gasteiger partial charge in [0.05, 0.1) is 12.8 Å². The molecule has 0 aliphatic carbocycles. The van der Waals surface area contributed by atoms with Crippen molar-refractivity contribution in [1.29, 1.82) is 0 Å². The molecule has 3 N–H and O–H groups in total. The molecule has 2 bridgehead atoms. The van der Waals surface area contributed by atoms with E-state index in [-0.39, 0.29) is 11.7 Å². The maximum absolute atomic E-state index is 12.7. The lowest BCUT2D eigenvalue weighted by atomic mass is 9.95. The molecule has 0 spiro atoms. The standard InChI is InChI=1S/C16H24N4O3.C2HF3O2/c1-2-23-14(21)13-10-17-15(18-13)19-16(22)20-11-6-3-4-7-12(20)9-5-8-11;3-2(4,5)1(6)7/h10-12H,2-9H2,1H3,(H2,17,18,19,22);(H,6,7). The van der Waals surface area contributed by atoms with Gasteiger partial charge >= 0.3 is 24.1 Å². The van der Waals surface area contributed by atoms with Crippen LogP contribution in [-0.2, 0) is 9.53 Å². The molecule has 2 unspecified atom stereocenters. The first-order chi connectivity index (χ1) is 14.1. The van der Waals surface area contributed by atoms with Crippen LogP contribution in [0.2, 0.25) is 0 Å². The van der Waals surface area contributed by atoms with E-state index in [9.17, 15) is 22.8 Å². The number of rotatable bonds is 3. The van der Waals surface area contributed by atoms with Crippen LogP contribution in [-0.4, -0.2) is 62.8 Å². The first-order valence-corrected chi connectivity index (χ1v) is 9.75. The van der Waals surface area contributed by atoms with Crippen molar-refractivity contribution in [2.45, 2.75) is 70.1 Å². The molecule has 0 saturated carbocycles. The number of anilines is 1. The fraction of sp³-hybridized carbons (Fsp3) is 0.667. The van der Waals surface area contributed by atoms with Crippen LogP contribution in [0.15, 0.2) is 6.20 Å². The minimum absolute atomic E-state index is 0.119. The van der Waals surface area contributed by atoms with Crippen LogP contribution in [0.4, 0.5) is 23.9 Å². The summed E-state index contributed by atoms with van der Waals surface area (Å²) in [5.74, 6) is -2.93. The van der Waals surface area contributed by atoms with Crippen molar-refractivity contribution in [3.63, 3.8) is 0 Å². The second-order valence-corrected chi connectivity index (χ2v) is 7.03. The largest absolute Gasteiger partial charge is 0.490 e. The number of amides is 2. The van der Waals surface area contributed by atoms with Crippen LogP contribution >= 0.6 is 0 Å². The molecule has 2 amide bonds. The molecule has 0 aromatic carbocycles. The van der Waals surface area contributed by atoms with Gasteiger partial charge in [-0.3, -0.25) is 5.32 Å². The number of aromatic amines is 1. The number of nitrogens with one attached hydrogen (secondary N) is 2. The maximum atomic E-state index is 12.7. The Morgan fingerprint density at radius 1 is 1.20 bits per heavy atom. The first-order valence-electron chi connectivity index (χ1n) is 9.75. The van der Waals surface area contributed by atoms with Crippen molar-refractivity contribution in [2.75, 3.05) is 11.9 Å². The zero-order valence-electron chi connectivity index (χ0n) is 16.5. The van der Waals surface area contributed by atoms with Crippen LogP contribution in [0, 0.1) is 0 Å². The van der Waals surface area contributed by atoms with Gasteiger partial charge in [0.1, 0.15) is 5.69 Å². The SMILES string of the molecule is CCOC(=O)c1cnc(NC(=O)N2C3CCCCC2CCC3)[nH]1.O=C(O)C(F)(F)F. The summed E-state index contributed by atoms with van der Waals surface area (Å²) in [6.07, 6.45) is 4.21. The van der Waals surface area contributed by atoms with Gasteiger partial charge in [-0.15, -0.1) is 0 Å². The smallest absolute Gasteiger partial charge is 0.475 e. The van der Waals surface area contributed by atoms with Crippen LogP contribution in [0.3, 0.4) is 0 Å². The number of halogens is 3. The molecule has 3 rings (SSSR count). The number of nitrogens with zero attached hydrogens (tertiary/aromatic N) is 2. The number of imidazole rings is 1. The number of aliphatic carboxylic acids is 1. The molecule has 2 saturated heterocycles. The van der Waals surface area contributed by atoms with Crippen molar-refractivity contribution in [3.05, 3.63) is 11.9 Å². The van der Waals surface area contributed by atoms with E-state index in [4.69, 9.17) is 14.6 Å². The second-order valence-electron chi connectivity index (χ2n) is 7.03. The van der Waals surface area contributed by atoms with Crippen molar-refractivity contribution in [3.8, 4) is 0 Å². The quantitative estimate of drug-likeness (QED) is 0.625. The van der Waals surface area contributed by atoms with Gasteiger partial charge in [-0.2, -0.15) is 13.2 Å². The highest BCUT2D eigenvalue weighted by Gasteiger charge is 2.38. The number of H-pyrrole nitrogens is 1. The minimum Gasteiger partial charge on any atom is -0.475 e. The van der Waals surface area contributed by atoms with Crippen molar-refractivity contribution >= 4 is 23.9 Å². The Morgan fingerprint density at radius 2 is 1.73 bits per heavy atom. The fourth-order valence-corrected chi connectivity index (χ4v) is 3.69. The number of ether oxygens (including phenoxy) is 1. The summed E-state index contributed by atoms with van der Waals surface area (Å²) in [4.78, 5) is 42.1. The monoisotopic (exact) mass is 434 g/mol. The lowest BCUT2D eigenvalue weighted by Gasteiger charge is -2.40. The molecule has 1 aromatic heterocycles. The number of alkyl halides is 3. The Labute approximate surface area is 171 Å². The van der Waals surface area contributed by atoms with Crippen molar-refractivity contribution in [1.82, 2.24) is 14.9 Å². The average Bonchev–Trinajstić information content (AvgIpc) is 3.09. The molecule has 3 heterocycles. The Hall–Kier alpha value is -2.79. The number of carbonyl (C=O) groups is 3. The molecule has 168 valence electrons. The zero-order valence-corrected chi connectivity index (χ0v) is 16.5. The maximum Gasteiger partial charge on any atom is 0.490 e. The lowest BCUT2D eigenvalue weighted by molar-refractivity contribution is -0.192. The molecule has 30 heavy (non-hydrogen) atoms. The average molecular weight is 434 g/mol. The molecule has 1 aromatic rings. The number of hydrogen-bond donors (Lipinski definition) is 3. The summed E-state index contributed by atoms with van der Waals surface area (Å²) in [5.41, 5.74) is 0.248. The number of piperidine rings is 1. The lowest BCUT2D eigenvalue weighted by Crippen LogP contribution is -2.50. The fourth-order valence-electron chi connectivity index (χ4n) is 3.69. The van der Waals surface area contributed by atoms with E-state index in [2.05, 4.69) is 15.3 Å². The van der Waals surface area contributed by atoms with Crippen LogP contribution in [0.5, 0.6) is 0 Å². The number of aromatic nitrogens is 2. The van der Waals surface area contributed by atoms with Crippen LogP contribution in [0.25, 0.3) is 0 Å². The number of fused-ring (bicyclic) bond motifs is 2. The number of carboxylic acids is 1. The Kier molecular flexibility index (Phi) is 8.07. The Bertz CT molecular complexity index is 738. The number of hydrogen-bond acceptors (Lipinski definition) is 5. The van der Waals surface area contributed by atoms with E-state index in [0.717, 1.165) is 25.7 Å². The third-order valence-electron chi connectivity index (χ3n) is 4.96. The molecule has 9 nitrogen and oxygen atoms in total. The van der Waals surface area contributed by atoms with Gasteiger partial charge in [-0.05, 0) is 39.0 Å². The van der Waals surface area contributed by atoms with Crippen LogP contribution in [0.1, 0.15) is 62.4 Å². The number of esters is 1. The predicted molar refractivity (Wildman–Crippen MR) is 99.0 cm³/mol. The summed E-state index contributed by atoms with van der Waals surface area (Å²) in [5, 5.41) is 9.92. The number of urea groups is 1. The molecule has 0 radical (unpaired) electrons. The van der Waals surface area contributed by atoms with Gasteiger partial charge in [0.25, 0.3) is 0 Å². The number of carboxylic acid groups (broad SMARTS) is 1. The van der Waals surface area contributed by atoms with Gasteiger partial charge in [0.2, 0.25) is 5.95 Å². The zero-order chi connectivity index (χ0) is 22.3. The van der Waals surface area contributed by atoms with Gasteiger partial charge in [-0.1, -0.05) is 12.8 Å². The van der Waals surface area contributed by atoms with E-state index in [1.54, 1.807) is 6.92 Å². The molecular weight excluding hydrogens is 409 g/mol. The topological polar surface area (TPSA) is 125 Å². The normalized spacial score (nSPS) is 21.0. The Morgan fingerprint density at radius 3 is 2.23 bits per heavy atom. The Balaban J connectivity index is 0.000000396. The van der Waals surface area contributed by atoms with E-state index >= 15 is 0 Å². The molecule has 2 atom stereocenters. The van der Waals surface area contributed by atoms with Crippen molar-refractivity contribution in [2.24, 2.45) is 0 Å². The molecule has 2 aliphatic rings. The van der Waals surface area contributed by atoms with Gasteiger partial charge < -0.3 is 19.7 Å². The molecular formula is C18H25F3N4O5. The van der Waals surface area contributed by atoms with Gasteiger partial charge in [0, 0.05) is 12.1 Å². The third-order valence-corrected chi connectivity index (χ3v) is 4.96. The predicted octanol–water partition coefficient (Wildman–Crippen LogP) is 3.55. The third kappa shape index (κ3) is 6.36. The summed E-state index contributed by atoms with van der Waals surface area (Å²) < 4.78 is 36.6. The van der Waals surface area contributed by atoms with E-state index in [1.165, 1.54) is 25.5 Å².